The van der Waals surface area contributed by atoms with Gasteiger partial charge < -0.3 is 15.4 Å². The maximum atomic E-state index is 11.5. The van der Waals surface area contributed by atoms with E-state index in [0.29, 0.717) is 10.7 Å². The Bertz CT molecular complexity index is 905. The maximum absolute atomic E-state index is 11.5. The molecule has 0 bridgehead atoms. The van der Waals surface area contributed by atoms with Crippen LogP contribution in [0.15, 0.2) is 47.4 Å². The molecule has 0 saturated heterocycles. The van der Waals surface area contributed by atoms with Crippen LogP contribution >= 0.6 is 24.0 Å². The van der Waals surface area contributed by atoms with E-state index in [1.807, 2.05) is 11.8 Å². The number of benzene rings is 2. The van der Waals surface area contributed by atoms with Crippen molar-refractivity contribution in [3.63, 3.8) is 0 Å². The Morgan fingerprint density at radius 2 is 1.64 bits per heavy atom. The van der Waals surface area contributed by atoms with E-state index in [-0.39, 0.29) is 16.1 Å². The smallest absolute Gasteiger partial charge is 0.337 e. The van der Waals surface area contributed by atoms with Crippen molar-refractivity contribution in [2.75, 3.05) is 17.7 Å². The van der Waals surface area contributed by atoms with E-state index in [2.05, 4.69) is 56.5 Å². The number of methoxy groups -OCH3 is 1. The first-order valence-corrected chi connectivity index (χ1v) is 10.4. The Kier molecular flexibility index (Phi) is 5.73. The largest absolute Gasteiger partial charge is 0.465 e. The number of fused-ring (bicyclic) bond motifs is 1. The van der Waals surface area contributed by atoms with Crippen LogP contribution in [0.25, 0.3) is 0 Å². The van der Waals surface area contributed by atoms with Crippen LogP contribution in [0, 0.1) is 0 Å². The fourth-order valence-corrected chi connectivity index (χ4v) is 5.67. The molecule has 0 radical (unpaired) electrons. The van der Waals surface area contributed by atoms with Crippen molar-refractivity contribution < 1.29 is 9.53 Å². The Hall–Kier alpha value is -2.05. The predicted octanol–water partition coefficient (Wildman–Crippen LogP) is 5.83. The number of hydrogen-bond acceptors (Lipinski definition) is 4. The van der Waals surface area contributed by atoms with Gasteiger partial charge in [-0.05, 0) is 72.1 Å². The lowest BCUT2D eigenvalue weighted by molar-refractivity contribution is 0.0601. The van der Waals surface area contributed by atoms with E-state index < -0.39 is 0 Å². The molecular formula is C22H26N2O2S2. The molecule has 0 fully saturated rings. The molecule has 2 aromatic rings. The number of thioether (sulfide) groups is 1. The van der Waals surface area contributed by atoms with Crippen LogP contribution in [0.1, 0.15) is 50.0 Å². The van der Waals surface area contributed by atoms with Gasteiger partial charge in [0, 0.05) is 21.0 Å². The van der Waals surface area contributed by atoms with Crippen LogP contribution in [0.4, 0.5) is 11.4 Å². The van der Waals surface area contributed by atoms with Gasteiger partial charge in [-0.3, -0.25) is 0 Å². The van der Waals surface area contributed by atoms with Crippen LogP contribution in [-0.4, -0.2) is 22.9 Å². The second kappa shape index (κ2) is 7.76. The summed E-state index contributed by atoms with van der Waals surface area (Å²) >= 11 is 7.39. The first-order valence-electron chi connectivity index (χ1n) is 9.20. The first-order chi connectivity index (χ1) is 13.1. The van der Waals surface area contributed by atoms with Gasteiger partial charge in [0.1, 0.15) is 0 Å². The minimum atomic E-state index is -0.357. The van der Waals surface area contributed by atoms with Crippen LogP contribution in [0.3, 0.4) is 0 Å². The SMILES string of the molecule is COC(=O)c1ccc(NC(=S)Nc2ccc3c(c2)C(C)(C)CC(C)(C)S3)cc1. The standard InChI is InChI=1S/C22H26N2O2S2/c1-21(2)13-22(3,4)28-18-11-10-16(12-17(18)21)24-20(27)23-15-8-6-14(7-9-15)19(25)26-5/h6-12H,13H2,1-5H3,(H2,23,24,27). The number of thiocarbonyl (C=S) groups is 1. The summed E-state index contributed by atoms with van der Waals surface area (Å²) in [6.07, 6.45) is 1.12. The van der Waals surface area contributed by atoms with Gasteiger partial charge in [0.2, 0.25) is 0 Å². The first kappa shape index (κ1) is 20.7. The number of ether oxygens (including phenoxy) is 1. The van der Waals surface area contributed by atoms with Gasteiger partial charge in [0.15, 0.2) is 5.11 Å². The van der Waals surface area contributed by atoms with Crippen LogP contribution < -0.4 is 10.6 Å². The molecule has 1 heterocycles. The fraction of sp³-hybridized carbons (Fsp3) is 0.364. The highest BCUT2D eigenvalue weighted by molar-refractivity contribution is 8.00. The monoisotopic (exact) mass is 414 g/mol. The topological polar surface area (TPSA) is 50.4 Å². The molecule has 0 amide bonds. The molecule has 1 aliphatic rings. The second-order valence-corrected chi connectivity index (χ2v) is 10.4. The summed E-state index contributed by atoms with van der Waals surface area (Å²) in [6, 6.07) is 13.5. The molecule has 0 aromatic heterocycles. The van der Waals surface area contributed by atoms with E-state index in [9.17, 15) is 4.79 Å². The molecule has 2 N–H and O–H groups in total. The lowest BCUT2D eigenvalue weighted by Gasteiger charge is -2.41. The highest BCUT2D eigenvalue weighted by Gasteiger charge is 2.38. The summed E-state index contributed by atoms with van der Waals surface area (Å²) in [7, 11) is 1.37. The second-order valence-electron chi connectivity index (χ2n) is 8.28. The third-order valence-corrected chi connectivity index (χ3v) is 6.26. The number of hydrogen-bond donors (Lipinski definition) is 2. The molecule has 0 atom stereocenters. The molecule has 0 spiro atoms. The van der Waals surface area contributed by atoms with Crippen molar-refractivity contribution in [3.05, 3.63) is 53.6 Å². The summed E-state index contributed by atoms with van der Waals surface area (Å²) in [5.74, 6) is -0.357. The average Bonchev–Trinajstić information content (AvgIpc) is 2.61. The lowest BCUT2D eigenvalue weighted by atomic mass is 9.77. The van der Waals surface area contributed by atoms with Crippen LogP contribution in [0.5, 0.6) is 0 Å². The molecule has 0 unspecified atom stereocenters. The minimum absolute atomic E-state index is 0.112. The van der Waals surface area contributed by atoms with Crippen molar-refractivity contribution in [3.8, 4) is 0 Å². The van der Waals surface area contributed by atoms with Gasteiger partial charge in [0.25, 0.3) is 0 Å². The normalized spacial score (nSPS) is 16.6. The van der Waals surface area contributed by atoms with Crippen molar-refractivity contribution in [1.29, 1.82) is 0 Å². The molecule has 148 valence electrons. The predicted molar refractivity (Wildman–Crippen MR) is 122 cm³/mol. The molecular weight excluding hydrogens is 388 g/mol. The zero-order valence-electron chi connectivity index (χ0n) is 16.9. The summed E-state index contributed by atoms with van der Waals surface area (Å²) in [5, 5.41) is 6.93. The summed E-state index contributed by atoms with van der Waals surface area (Å²) < 4.78 is 4.95. The highest BCUT2D eigenvalue weighted by atomic mass is 32.2. The number of anilines is 2. The maximum Gasteiger partial charge on any atom is 0.337 e. The van der Waals surface area contributed by atoms with Crippen molar-refractivity contribution >= 4 is 46.4 Å². The third kappa shape index (κ3) is 4.67. The molecule has 2 aromatic carbocycles. The summed E-state index contributed by atoms with van der Waals surface area (Å²) in [4.78, 5) is 12.9. The number of esters is 1. The fourth-order valence-electron chi connectivity index (χ4n) is 3.82. The van der Waals surface area contributed by atoms with Gasteiger partial charge in [-0.2, -0.15) is 0 Å². The highest BCUT2D eigenvalue weighted by Crippen LogP contribution is 2.51. The van der Waals surface area contributed by atoms with Gasteiger partial charge in [0.05, 0.1) is 12.7 Å². The average molecular weight is 415 g/mol. The van der Waals surface area contributed by atoms with E-state index in [1.165, 1.54) is 17.6 Å². The lowest BCUT2D eigenvalue weighted by Crippen LogP contribution is -2.33. The van der Waals surface area contributed by atoms with Crippen LogP contribution in [0.2, 0.25) is 0 Å². The third-order valence-electron chi connectivity index (χ3n) is 4.78. The Balaban J connectivity index is 1.71. The van der Waals surface area contributed by atoms with Crippen molar-refractivity contribution in [1.82, 2.24) is 0 Å². The Morgan fingerprint density at radius 3 is 2.29 bits per heavy atom. The van der Waals surface area contributed by atoms with E-state index >= 15 is 0 Å². The van der Waals surface area contributed by atoms with E-state index in [4.69, 9.17) is 17.0 Å². The number of carbonyl (C=O) groups excluding carboxylic acids is 1. The van der Waals surface area contributed by atoms with Gasteiger partial charge in [-0.1, -0.05) is 27.7 Å². The van der Waals surface area contributed by atoms with Crippen molar-refractivity contribution in [2.45, 2.75) is 49.2 Å². The van der Waals surface area contributed by atoms with Gasteiger partial charge in [-0.25, -0.2) is 4.79 Å². The number of nitrogens with one attached hydrogen (secondary N) is 2. The van der Waals surface area contributed by atoms with Crippen LogP contribution in [-0.2, 0) is 10.2 Å². The zero-order chi connectivity index (χ0) is 20.5. The molecule has 0 aliphatic carbocycles. The molecule has 4 nitrogen and oxygen atoms in total. The van der Waals surface area contributed by atoms with Gasteiger partial charge >= 0.3 is 5.97 Å². The molecule has 1 aliphatic heterocycles. The Morgan fingerprint density at radius 1 is 1.04 bits per heavy atom. The van der Waals surface area contributed by atoms with Crippen molar-refractivity contribution in [2.24, 2.45) is 0 Å². The van der Waals surface area contributed by atoms with Gasteiger partial charge in [-0.15, -0.1) is 11.8 Å². The number of carbonyl (C=O) groups is 1. The molecule has 6 heteroatoms. The summed E-state index contributed by atoms with van der Waals surface area (Å²) in [5.41, 5.74) is 3.74. The molecule has 3 rings (SSSR count). The summed E-state index contributed by atoms with van der Waals surface area (Å²) in [6.45, 7) is 9.21. The minimum Gasteiger partial charge on any atom is -0.465 e. The quantitative estimate of drug-likeness (QED) is 0.486. The Labute approximate surface area is 176 Å². The van der Waals surface area contributed by atoms with E-state index in [0.717, 1.165) is 17.8 Å². The zero-order valence-corrected chi connectivity index (χ0v) is 18.5. The number of rotatable bonds is 3. The molecule has 28 heavy (non-hydrogen) atoms. The molecule has 0 saturated carbocycles. The van der Waals surface area contributed by atoms with E-state index in [1.54, 1.807) is 24.3 Å².